The maximum Gasteiger partial charge on any atom is 0.135 e. The quantitative estimate of drug-likeness (QED) is 0.548. The van der Waals surface area contributed by atoms with Crippen molar-refractivity contribution < 1.29 is 13.5 Å². The zero-order valence-electron chi connectivity index (χ0n) is 11.9. The molecule has 0 fully saturated rings. The lowest BCUT2D eigenvalue weighted by Gasteiger charge is -2.06. The summed E-state index contributed by atoms with van der Waals surface area (Å²) in [7, 11) is 0. The molecule has 0 radical (unpaired) electrons. The van der Waals surface area contributed by atoms with Crippen LogP contribution in [-0.2, 0) is 0 Å². The minimum Gasteiger partial charge on any atom is -0.493 e. The molecule has 0 atom stereocenters. The van der Waals surface area contributed by atoms with Crippen LogP contribution in [0, 0.1) is 11.6 Å². The van der Waals surface area contributed by atoms with Gasteiger partial charge in [0.15, 0.2) is 0 Å². The molecule has 0 heterocycles. The van der Waals surface area contributed by atoms with Gasteiger partial charge in [0.1, 0.15) is 17.4 Å². The van der Waals surface area contributed by atoms with Gasteiger partial charge in [0.2, 0.25) is 0 Å². The number of ether oxygens (including phenoxy) is 1. The van der Waals surface area contributed by atoms with Gasteiger partial charge in [-0.2, -0.15) is 0 Å². The fraction of sp³-hybridized carbons (Fsp3) is 0.235. The van der Waals surface area contributed by atoms with E-state index in [1.54, 1.807) is 12.1 Å². The summed E-state index contributed by atoms with van der Waals surface area (Å²) in [5, 5.41) is 0. The van der Waals surface area contributed by atoms with E-state index in [1.807, 2.05) is 0 Å². The van der Waals surface area contributed by atoms with Crippen LogP contribution in [0.25, 0.3) is 0 Å². The number of rotatable bonds is 6. The fourth-order valence-corrected chi connectivity index (χ4v) is 1.71. The first-order valence-electron chi connectivity index (χ1n) is 6.91. The molecule has 0 aliphatic heterocycles. The number of aliphatic imine (C=N–C) groups is 1. The Morgan fingerprint density at radius 2 is 1.86 bits per heavy atom. The molecule has 0 amide bonds. The van der Waals surface area contributed by atoms with E-state index in [1.165, 1.54) is 36.5 Å². The van der Waals surface area contributed by atoms with Gasteiger partial charge in [-0.25, -0.2) is 8.78 Å². The molecule has 0 unspecified atom stereocenters. The van der Waals surface area contributed by atoms with Crippen molar-refractivity contribution >= 4 is 11.9 Å². The van der Waals surface area contributed by atoms with Gasteiger partial charge in [-0.3, -0.25) is 4.99 Å². The smallest absolute Gasteiger partial charge is 0.135 e. The second-order valence-corrected chi connectivity index (χ2v) is 4.62. The molecule has 4 heteroatoms. The van der Waals surface area contributed by atoms with Crippen molar-refractivity contribution in [3.05, 3.63) is 59.7 Å². The van der Waals surface area contributed by atoms with Crippen LogP contribution in [0.4, 0.5) is 14.5 Å². The van der Waals surface area contributed by atoms with Crippen LogP contribution >= 0.6 is 0 Å². The molecule has 0 saturated carbocycles. The third-order valence-electron chi connectivity index (χ3n) is 2.92. The van der Waals surface area contributed by atoms with Crippen molar-refractivity contribution in [2.75, 3.05) is 6.61 Å². The highest BCUT2D eigenvalue weighted by Crippen LogP contribution is 2.17. The average molecular weight is 289 g/mol. The van der Waals surface area contributed by atoms with Crippen LogP contribution < -0.4 is 4.74 Å². The summed E-state index contributed by atoms with van der Waals surface area (Å²) in [5.74, 6) is -0.205. The molecular formula is C17H17F2NO. The largest absolute Gasteiger partial charge is 0.493 e. The molecule has 0 N–H and O–H groups in total. The summed E-state index contributed by atoms with van der Waals surface area (Å²) in [6.07, 6.45) is 3.39. The third kappa shape index (κ3) is 4.67. The Morgan fingerprint density at radius 3 is 2.52 bits per heavy atom. The first kappa shape index (κ1) is 15.2. The van der Waals surface area contributed by atoms with Gasteiger partial charge < -0.3 is 4.74 Å². The minimum atomic E-state index is -0.394. The van der Waals surface area contributed by atoms with E-state index in [9.17, 15) is 8.78 Å². The van der Waals surface area contributed by atoms with Crippen LogP contribution in [0.3, 0.4) is 0 Å². The Morgan fingerprint density at radius 1 is 1.10 bits per heavy atom. The van der Waals surface area contributed by atoms with Crippen LogP contribution in [0.15, 0.2) is 47.5 Å². The molecule has 21 heavy (non-hydrogen) atoms. The van der Waals surface area contributed by atoms with Gasteiger partial charge in [-0.05, 0) is 42.8 Å². The van der Waals surface area contributed by atoms with Gasteiger partial charge in [0, 0.05) is 17.8 Å². The molecule has 0 saturated heterocycles. The normalized spacial score (nSPS) is 11.0. The fourth-order valence-electron chi connectivity index (χ4n) is 1.71. The molecule has 0 bridgehead atoms. The summed E-state index contributed by atoms with van der Waals surface area (Å²) >= 11 is 0. The highest BCUT2D eigenvalue weighted by molar-refractivity contribution is 5.82. The first-order valence-corrected chi connectivity index (χ1v) is 6.91. The van der Waals surface area contributed by atoms with Crippen molar-refractivity contribution in [3.63, 3.8) is 0 Å². The zero-order valence-corrected chi connectivity index (χ0v) is 11.9. The number of hydrogen-bond donors (Lipinski definition) is 0. The van der Waals surface area contributed by atoms with Crippen LogP contribution in [0.1, 0.15) is 25.3 Å². The molecule has 0 aliphatic rings. The van der Waals surface area contributed by atoms with Crippen molar-refractivity contribution in [3.8, 4) is 5.75 Å². The number of halogens is 2. The maximum absolute atomic E-state index is 13.9. The van der Waals surface area contributed by atoms with Gasteiger partial charge in [-0.1, -0.05) is 13.3 Å². The predicted octanol–water partition coefficient (Wildman–Crippen LogP) is 4.89. The van der Waals surface area contributed by atoms with E-state index in [0.29, 0.717) is 23.6 Å². The molecule has 110 valence electrons. The van der Waals surface area contributed by atoms with Crippen molar-refractivity contribution in [1.29, 1.82) is 0 Å². The summed E-state index contributed by atoms with van der Waals surface area (Å²) in [6, 6.07) is 10.4. The average Bonchev–Trinajstić information content (AvgIpc) is 2.48. The van der Waals surface area contributed by atoms with Crippen LogP contribution in [0.5, 0.6) is 5.75 Å². The molecule has 0 spiro atoms. The standard InChI is InChI=1S/C17H17F2NO/c1-2-3-10-21-16-9-4-13(17(19)11-16)12-20-15-7-5-14(18)6-8-15/h4-9,11-12H,2-3,10H2,1H3. The van der Waals surface area contributed by atoms with E-state index in [2.05, 4.69) is 11.9 Å². The van der Waals surface area contributed by atoms with E-state index in [-0.39, 0.29) is 5.82 Å². The van der Waals surface area contributed by atoms with E-state index in [4.69, 9.17) is 4.74 Å². The number of unbranched alkanes of at least 4 members (excludes halogenated alkanes) is 1. The molecule has 2 nitrogen and oxygen atoms in total. The number of hydrogen-bond acceptors (Lipinski definition) is 2. The van der Waals surface area contributed by atoms with E-state index < -0.39 is 5.82 Å². The first-order chi connectivity index (χ1) is 10.2. The highest BCUT2D eigenvalue weighted by atomic mass is 19.1. The van der Waals surface area contributed by atoms with E-state index >= 15 is 0 Å². The van der Waals surface area contributed by atoms with Crippen LogP contribution in [0.2, 0.25) is 0 Å². The monoisotopic (exact) mass is 289 g/mol. The molecule has 0 aromatic heterocycles. The summed E-state index contributed by atoms with van der Waals surface area (Å²) < 4.78 is 32.1. The van der Waals surface area contributed by atoms with Gasteiger partial charge in [0.05, 0.1) is 12.3 Å². The summed E-state index contributed by atoms with van der Waals surface area (Å²) in [6.45, 7) is 2.65. The Hall–Kier alpha value is -2.23. The van der Waals surface area contributed by atoms with Gasteiger partial charge in [0.25, 0.3) is 0 Å². The Kier molecular flexibility index (Phi) is 5.43. The molecule has 0 aliphatic carbocycles. The Labute approximate surface area is 123 Å². The minimum absolute atomic E-state index is 0.325. The number of nitrogens with zero attached hydrogens (tertiary/aromatic N) is 1. The topological polar surface area (TPSA) is 21.6 Å². The van der Waals surface area contributed by atoms with Gasteiger partial charge >= 0.3 is 0 Å². The predicted molar refractivity (Wildman–Crippen MR) is 80.5 cm³/mol. The molecular weight excluding hydrogens is 272 g/mol. The third-order valence-corrected chi connectivity index (χ3v) is 2.92. The lowest BCUT2D eigenvalue weighted by atomic mass is 10.2. The summed E-state index contributed by atoms with van der Waals surface area (Å²) in [5.41, 5.74) is 0.932. The Balaban J connectivity index is 2.05. The lowest BCUT2D eigenvalue weighted by molar-refractivity contribution is 0.308. The Bertz CT molecular complexity index is 609. The zero-order chi connectivity index (χ0) is 15.1. The molecule has 2 aromatic carbocycles. The second-order valence-electron chi connectivity index (χ2n) is 4.62. The van der Waals surface area contributed by atoms with Crippen molar-refractivity contribution in [2.45, 2.75) is 19.8 Å². The molecule has 2 rings (SSSR count). The van der Waals surface area contributed by atoms with Crippen LogP contribution in [-0.4, -0.2) is 12.8 Å². The lowest BCUT2D eigenvalue weighted by Crippen LogP contribution is -1.98. The second kappa shape index (κ2) is 7.53. The number of benzene rings is 2. The van der Waals surface area contributed by atoms with Gasteiger partial charge in [-0.15, -0.1) is 0 Å². The van der Waals surface area contributed by atoms with E-state index in [0.717, 1.165) is 12.8 Å². The SMILES string of the molecule is CCCCOc1ccc(C=Nc2ccc(F)cc2)c(F)c1. The summed E-state index contributed by atoms with van der Waals surface area (Å²) in [4.78, 5) is 4.11. The van der Waals surface area contributed by atoms with Crippen molar-refractivity contribution in [1.82, 2.24) is 0 Å². The van der Waals surface area contributed by atoms with Crippen molar-refractivity contribution in [2.24, 2.45) is 4.99 Å². The maximum atomic E-state index is 13.9. The molecule has 2 aromatic rings. The highest BCUT2D eigenvalue weighted by Gasteiger charge is 2.02.